The summed E-state index contributed by atoms with van der Waals surface area (Å²) in [4.78, 5) is 28.0. The average molecular weight is 268 g/mol. The normalized spacial score (nSPS) is 26.1. The Hall–Kier alpha value is -1.10. The quantitative estimate of drug-likeness (QED) is 0.739. The molecular weight excluding hydrogens is 244 g/mol. The molecule has 5 heteroatoms. The lowest BCUT2D eigenvalue weighted by Crippen LogP contribution is -2.42. The second kappa shape index (κ2) is 6.37. The van der Waals surface area contributed by atoms with E-state index in [9.17, 15) is 9.59 Å². The first-order valence-corrected chi connectivity index (χ1v) is 7.26. The van der Waals surface area contributed by atoms with Crippen LogP contribution in [0.5, 0.6) is 0 Å². The highest BCUT2D eigenvalue weighted by Crippen LogP contribution is 2.41. The van der Waals surface area contributed by atoms with E-state index in [1.165, 1.54) is 0 Å². The molecule has 2 fully saturated rings. The molecule has 0 N–H and O–H groups in total. The van der Waals surface area contributed by atoms with Crippen molar-refractivity contribution in [1.29, 1.82) is 0 Å². The molecule has 0 aromatic carbocycles. The number of carbonyl (C=O) groups excluding carboxylic acids is 2. The van der Waals surface area contributed by atoms with Gasteiger partial charge < -0.3 is 14.5 Å². The van der Waals surface area contributed by atoms with Crippen molar-refractivity contribution in [2.75, 3.05) is 39.9 Å². The van der Waals surface area contributed by atoms with Crippen molar-refractivity contribution in [1.82, 2.24) is 9.80 Å². The summed E-state index contributed by atoms with van der Waals surface area (Å²) in [6, 6.07) is 0. The summed E-state index contributed by atoms with van der Waals surface area (Å²) in [7, 11) is 1.84. The van der Waals surface area contributed by atoms with E-state index in [2.05, 4.69) is 6.92 Å². The van der Waals surface area contributed by atoms with Gasteiger partial charge in [-0.05, 0) is 12.8 Å². The fourth-order valence-electron chi connectivity index (χ4n) is 2.55. The third kappa shape index (κ3) is 3.47. The van der Waals surface area contributed by atoms with Crippen molar-refractivity contribution in [2.45, 2.75) is 26.2 Å². The average Bonchev–Trinajstić information content (AvgIpc) is 3.24. The van der Waals surface area contributed by atoms with E-state index >= 15 is 0 Å². The first kappa shape index (κ1) is 14.3. The largest absolute Gasteiger partial charge is 0.378 e. The Balaban J connectivity index is 1.79. The van der Waals surface area contributed by atoms with Crippen LogP contribution in [0, 0.1) is 11.8 Å². The summed E-state index contributed by atoms with van der Waals surface area (Å²) in [6.45, 7) is 5.48. The van der Waals surface area contributed by atoms with Crippen LogP contribution in [0.2, 0.25) is 0 Å². The van der Waals surface area contributed by atoms with Crippen LogP contribution in [-0.2, 0) is 14.3 Å². The Morgan fingerprint density at radius 1 is 1.26 bits per heavy atom. The van der Waals surface area contributed by atoms with Crippen LogP contribution in [0.3, 0.4) is 0 Å². The molecule has 0 radical (unpaired) electrons. The minimum Gasteiger partial charge on any atom is -0.378 e. The molecule has 108 valence electrons. The molecule has 2 atom stereocenters. The van der Waals surface area contributed by atoms with Gasteiger partial charge in [-0.15, -0.1) is 0 Å². The number of morpholine rings is 1. The van der Waals surface area contributed by atoms with Crippen molar-refractivity contribution in [3.05, 3.63) is 0 Å². The Morgan fingerprint density at radius 2 is 1.95 bits per heavy atom. The molecule has 1 saturated carbocycles. The summed E-state index contributed by atoms with van der Waals surface area (Å²) in [5.74, 6) is 0.137. The molecule has 19 heavy (non-hydrogen) atoms. The van der Waals surface area contributed by atoms with Crippen LogP contribution >= 0.6 is 0 Å². The highest BCUT2D eigenvalue weighted by Gasteiger charge is 2.50. The first-order chi connectivity index (χ1) is 9.15. The van der Waals surface area contributed by atoms with Gasteiger partial charge in [0.25, 0.3) is 0 Å². The van der Waals surface area contributed by atoms with Gasteiger partial charge in [-0.25, -0.2) is 0 Å². The highest BCUT2D eigenvalue weighted by atomic mass is 16.5. The standard InChI is InChI=1S/C14H24N2O3/c1-3-4-5-15(2)13(17)11-10-12(11)14(18)16-6-8-19-9-7-16/h11-12H,3-10H2,1-2H3. The van der Waals surface area contributed by atoms with Gasteiger partial charge in [0, 0.05) is 26.7 Å². The Labute approximate surface area is 114 Å². The number of amides is 2. The number of unbranched alkanes of at least 4 members (excludes halogenated alkanes) is 1. The Bertz CT molecular complexity index is 340. The number of carbonyl (C=O) groups is 2. The molecule has 2 amide bonds. The molecule has 0 spiro atoms. The van der Waals surface area contributed by atoms with Gasteiger partial charge in [-0.3, -0.25) is 9.59 Å². The van der Waals surface area contributed by atoms with Crippen LogP contribution < -0.4 is 0 Å². The fourth-order valence-corrected chi connectivity index (χ4v) is 2.55. The smallest absolute Gasteiger partial charge is 0.226 e. The van der Waals surface area contributed by atoms with Crippen molar-refractivity contribution in [2.24, 2.45) is 11.8 Å². The highest BCUT2D eigenvalue weighted by molar-refractivity contribution is 5.92. The van der Waals surface area contributed by atoms with Gasteiger partial charge in [0.1, 0.15) is 0 Å². The summed E-state index contributed by atoms with van der Waals surface area (Å²) in [5, 5.41) is 0. The molecule has 5 nitrogen and oxygen atoms in total. The number of ether oxygens (including phenoxy) is 1. The lowest BCUT2D eigenvalue weighted by molar-refractivity contribution is -0.140. The van der Waals surface area contributed by atoms with Crippen LogP contribution in [0.15, 0.2) is 0 Å². The number of rotatable bonds is 5. The van der Waals surface area contributed by atoms with E-state index in [-0.39, 0.29) is 23.7 Å². The zero-order chi connectivity index (χ0) is 13.8. The molecule has 1 aliphatic heterocycles. The number of nitrogens with zero attached hydrogens (tertiary/aromatic N) is 2. The molecule has 2 unspecified atom stereocenters. The van der Waals surface area contributed by atoms with Gasteiger partial charge in [0.2, 0.25) is 11.8 Å². The first-order valence-electron chi connectivity index (χ1n) is 7.26. The van der Waals surface area contributed by atoms with Crippen molar-refractivity contribution < 1.29 is 14.3 Å². The third-order valence-corrected chi connectivity index (χ3v) is 3.97. The predicted octanol–water partition coefficient (Wildman–Crippen LogP) is 0.740. The fraction of sp³-hybridized carbons (Fsp3) is 0.857. The van der Waals surface area contributed by atoms with Gasteiger partial charge in [-0.1, -0.05) is 13.3 Å². The van der Waals surface area contributed by atoms with Crippen LogP contribution in [0.1, 0.15) is 26.2 Å². The van der Waals surface area contributed by atoms with Gasteiger partial charge >= 0.3 is 0 Å². The lowest BCUT2D eigenvalue weighted by Gasteiger charge is -2.27. The molecule has 1 aliphatic carbocycles. The maximum absolute atomic E-state index is 12.2. The van der Waals surface area contributed by atoms with Crippen LogP contribution in [-0.4, -0.2) is 61.5 Å². The van der Waals surface area contributed by atoms with E-state index in [4.69, 9.17) is 4.74 Å². The van der Waals surface area contributed by atoms with Gasteiger partial charge in [0.05, 0.1) is 25.0 Å². The van der Waals surface area contributed by atoms with Crippen molar-refractivity contribution in [3.8, 4) is 0 Å². The molecule has 0 bridgehead atoms. The van der Waals surface area contributed by atoms with Gasteiger partial charge in [0.15, 0.2) is 0 Å². The van der Waals surface area contributed by atoms with Crippen molar-refractivity contribution in [3.63, 3.8) is 0 Å². The molecule has 1 heterocycles. The lowest BCUT2D eigenvalue weighted by atomic mass is 10.2. The minimum absolute atomic E-state index is 0.0720. The SMILES string of the molecule is CCCCN(C)C(=O)C1CC1C(=O)N1CCOCC1. The Morgan fingerprint density at radius 3 is 2.58 bits per heavy atom. The molecule has 0 aromatic heterocycles. The zero-order valence-electron chi connectivity index (χ0n) is 11.9. The summed E-state index contributed by atoms with van der Waals surface area (Å²) < 4.78 is 5.24. The summed E-state index contributed by atoms with van der Waals surface area (Å²) >= 11 is 0. The monoisotopic (exact) mass is 268 g/mol. The predicted molar refractivity (Wildman–Crippen MR) is 71.5 cm³/mol. The molecule has 1 saturated heterocycles. The van der Waals surface area contributed by atoms with Gasteiger partial charge in [-0.2, -0.15) is 0 Å². The second-order valence-corrected chi connectivity index (χ2v) is 5.50. The maximum atomic E-state index is 12.2. The van der Waals surface area contributed by atoms with E-state index in [1.54, 1.807) is 4.90 Å². The Kier molecular flexibility index (Phi) is 4.80. The van der Waals surface area contributed by atoms with E-state index in [0.717, 1.165) is 25.8 Å². The molecule has 0 aromatic rings. The molecule has 2 rings (SSSR count). The van der Waals surface area contributed by atoms with E-state index < -0.39 is 0 Å². The molecular formula is C14H24N2O3. The van der Waals surface area contributed by atoms with Crippen LogP contribution in [0.25, 0.3) is 0 Å². The maximum Gasteiger partial charge on any atom is 0.226 e. The summed E-state index contributed by atoms with van der Waals surface area (Å²) in [6.07, 6.45) is 2.83. The third-order valence-electron chi connectivity index (χ3n) is 3.97. The van der Waals surface area contributed by atoms with E-state index in [1.807, 2.05) is 11.9 Å². The zero-order valence-corrected chi connectivity index (χ0v) is 11.9. The van der Waals surface area contributed by atoms with Crippen molar-refractivity contribution >= 4 is 11.8 Å². The van der Waals surface area contributed by atoms with Crippen LogP contribution in [0.4, 0.5) is 0 Å². The van der Waals surface area contributed by atoms with E-state index in [0.29, 0.717) is 26.3 Å². The summed E-state index contributed by atoms with van der Waals surface area (Å²) in [5.41, 5.74) is 0. The molecule has 2 aliphatic rings. The topological polar surface area (TPSA) is 49.9 Å². The number of hydrogen-bond acceptors (Lipinski definition) is 3. The second-order valence-electron chi connectivity index (χ2n) is 5.50. The number of hydrogen-bond donors (Lipinski definition) is 0. The minimum atomic E-state index is -0.0744.